The lowest BCUT2D eigenvalue weighted by atomic mass is 9.45. The van der Waals surface area contributed by atoms with E-state index in [2.05, 4.69) is 39.1 Å². The van der Waals surface area contributed by atoms with Crippen molar-refractivity contribution in [1.82, 2.24) is 5.32 Å². The van der Waals surface area contributed by atoms with Gasteiger partial charge in [0.1, 0.15) is 17.1 Å². The topological polar surface area (TPSA) is 92.7 Å². The maximum absolute atomic E-state index is 13.9. The van der Waals surface area contributed by atoms with Crippen LogP contribution in [0.25, 0.3) is 0 Å². The van der Waals surface area contributed by atoms with Gasteiger partial charge < -0.3 is 15.2 Å². The lowest BCUT2D eigenvalue weighted by Crippen LogP contribution is -2.69. The Kier molecular flexibility index (Phi) is 4.25. The van der Waals surface area contributed by atoms with E-state index in [1.807, 2.05) is 0 Å². The molecule has 30 heavy (non-hydrogen) atoms. The quantitative estimate of drug-likeness (QED) is 0.532. The Morgan fingerprint density at radius 1 is 1.27 bits per heavy atom. The molecule has 2 N–H and O–H groups in total. The number of aliphatic hydroxyl groups excluding tert-OH is 1. The summed E-state index contributed by atoms with van der Waals surface area (Å²) in [5, 5.41) is 14.4. The van der Waals surface area contributed by atoms with E-state index in [1.54, 1.807) is 6.92 Å². The van der Waals surface area contributed by atoms with Crippen molar-refractivity contribution < 1.29 is 24.2 Å². The molecule has 3 aliphatic heterocycles. The van der Waals surface area contributed by atoms with Gasteiger partial charge in [-0.15, -0.1) is 0 Å². The highest BCUT2D eigenvalue weighted by atomic mass is 16.5. The number of ketones is 2. The molecule has 164 valence electrons. The first kappa shape index (κ1) is 20.4. The number of carbonyl (C=O) groups is 3. The number of ether oxygens (including phenoxy) is 1. The van der Waals surface area contributed by atoms with Crippen molar-refractivity contribution in [3.63, 3.8) is 0 Å². The molecule has 6 nitrogen and oxygen atoms in total. The lowest BCUT2D eigenvalue weighted by molar-refractivity contribution is -0.200. The van der Waals surface area contributed by atoms with Gasteiger partial charge in [0, 0.05) is 23.8 Å². The van der Waals surface area contributed by atoms with Crippen molar-refractivity contribution in [1.29, 1.82) is 0 Å². The number of hydrogen-bond acceptors (Lipinski definition) is 5. The highest BCUT2D eigenvalue weighted by Gasteiger charge is 2.75. The second-order valence-corrected chi connectivity index (χ2v) is 11.0. The molecular weight excluding hydrogens is 382 g/mol. The summed E-state index contributed by atoms with van der Waals surface area (Å²) >= 11 is 0. The van der Waals surface area contributed by atoms with Gasteiger partial charge in [-0.25, -0.2) is 0 Å². The van der Waals surface area contributed by atoms with Crippen molar-refractivity contribution in [2.75, 3.05) is 0 Å². The van der Waals surface area contributed by atoms with Crippen LogP contribution in [0.5, 0.6) is 0 Å². The summed E-state index contributed by atoms with van der Waals surface area (Å²) in [4.78, 5) is 40.8. The van der Waals surface area contributed by atoms with Gasteiger partial charge in [0.15, 0.2) is 11.6 Å². The van der Waals surface area contributed by atoms with Crippen LogP contribution in [0.15, 0.2) is 11.6 Å². The zero-order chi connectivity index (χ0) is 21.7. The molecule has 5 rings (SSSR count). The summed E-state index contributed by atoms with van der Waals surface area (Å²) < 4.78 is 6.20. The Hall–Kier alpha value is -1.53. The highest BCUT2D eigenvalue weighted by molar-refractivity contribution is 6.13. The fourth-order valence-corrected chi connectivity index (χ4v) is 7.68. The second-order valence-electron chi connectivity index (χ2n) is 11.0. The Morgan fingerprint density at radius 2 is 1.97 bits per heavy atom. The molecule has 0 aromatic heterocycles. The standard InChI is InChI=1S/C24H33NO5/c1-10(2)8-14-18-12(4)11(3)9-13-16-15-6-7-23(5,30-15)20(27)17(16)19(26)21(28)24(13,18)22(29)25-14/h9-10,12-19,26H,6-8H2,1-5H3,(H,25,29)/t12-,13-,14+,15+,16+,17-,18+,19-,23-,24-/m1/s1. The first-order valence-corrected chi connectivity index (χ1v) is 11.5. The number of aliphatic hydroxyl groups is 1. The Morgan fingerprint density at radius 3 is 2.63 bits per heavy atom. The molecule has 5 aliphatic rings. The van der Waals surface area contributed by atoms with E-state index in [-0.39, 0.29) is 41.6 Å². The van der Waals surface area contributed by atoms with Crippen LogP contribution in [-0.4, -0.2) is 46.4 Å². The van der Waals surface area contributed by atoms with E-state index in [0.717, 1.165) is 18.4 Å². The molecule has 4 fully saturated rings. The predicted molar refractivity (Wildman–Crippen MR) is 109 cm³/mol. The largest absolute Gasteiger partial charge is 0.385 e. The van der Waals surface area contributed by atoms with Gasteiger partial charge in [-0.1, -0.05) is 32.4 Å². The van der Waals surface area contributed by atoms with Gasteiger partial charge in [0.25, 0.3) is 0 Å². The molecule has 3 heterocycles. The van der Waals surface area contributed by atoms with E-state index in [9.17, 15) is 19.5 Å². The number of hydrogen-bond donors (Lipinski definition) is 2. The van der Waals surface area contributed by atoms with Crippen molar-refractivity contribution in [2.45, 2.75) is 77.7 Å². The van der Waals surface area contributed by atoms with E-state index in [4.69, 9.17) is 4.74 Å². The molecule has 1 saturated carbocycles. The van der Waals surface area contributed by atoms with Gasteiger partial charge in [-0.3, -0.25) is 14.4 Å². The summed E-state index contributed by atoms with van der Waals surface area (Å²) in [7, 11) is 0. The Balaban J connectivity index is 1.70. The Labute approximate surface area is 177 Å². The third kappa shape index (κ3) is 2.24. The maximum atomic E-state index is 13.9. The molecule has 0 aromatic carbocycles. The number of nitrogens with one attached hydrogen (secondary N) is 1. The van der Waals surface area contributed by atoms with Crippen LogP contribution in [0.1, 0.15) is 53.9 Å². The molecule has 2 bridgehead atoms. The smallest absolute Gasteiger partial charge is 0.235 e. The van der Waals surface area contributed by atoms with Crippen LogP contribution in [0.4, 0.5) is 0 Å². The van der Waals surface area contributed by atoms with E-state index >= 15 is 0 Å². The average Bonchev–Trinajstić information content (AvgIpc) is 3.16. The van der Waals surface area contributed by atoms with Gasteiger partial charge in [0.05, 0.1) is 12.0 Å². The number of amides is 1. The average molecular weight is 416 g/mol. The van der Waals surface area contributed by atoms with Gasteiger partial charge >= 0.3 is 0 Å². The van der Waals surface area contributed by atoms with Crippen LogP contribution < -0.4 is 5.32 Å². The zero-order valence-corrected chi connectivity index (χ0v) is 18.5. The third-order valence-corrected chi connectivity index (χ3v) is 9.02. The number of carbonyl (C=O) groups excluding carboxylic acids is 3. The van der Waals surface area contributed by atoms with Crippen LogP contribution in [0, 0.1) is 40.9 Å². The van der Waals surface area contributed by atoms with E-state index in [0.29, 0.717) is 12.3 Å². The van der Waals surface area contributed by atoms with Crippen LogP contribution in [-0.2, 0) is 19.1 Å². The fourth-order valence-electron chi connectivity index (χ4n) is 7.68. The monoisotopic (exact) mass is 415 g/mol. The second kappa shape index (κ2) is 6.26. The SMILES string of the molecule is CC1=C[C@@H]2[C@@H]3[C@@H](C(=O)[C@@]4(C)CC[C@@H]3O4)[C@@H](O)C(=O)[C@@]23C(=O)N[C@@H](CC(C)C)[C@@H]3[C@@H]1C. The highest BCUT2D eigenvalue weighted by Crippen LogP contribution is 2.63. The molecule has 1 amide bonds. The van der Waals surface area contributed by atoms with Crippen molar-refractivity contribution in [3.8, 4) is 0 Å². The number of allylic oxidation sites excluding steroid dienone is 2. The molecule has 1 spiro atoms. The third-order valence-electron chi connectivity index (χ3n) is 9.02. The molecule has 2 aliphatic carbocycles. The fraction of sp³-hybridized carbons (Fsp3) is 0.792. The van der Waals surface area contributed by atoms with Crippen LogP contribution in [0.2, 0.25) is 0 Å². The summed E-state index contributed by atoms with van der Waals surface area (Å²) in [6.45, 7) is 10.2. The van der Waals surface area contributed by atoms with Crippen LogP contribution in [0.3, 0.4) is 0 Å². The summed E-state index contributed by atoms with van der Waals surface area (Å²) in [5.74, 6) is -2.21. The maximum Gasteiger partial charge on any atom is 0.235 e. The summed E-state index contributed by atoms with van der Waals surface area (Å²) in [6, 6.07) is -0.111. The molecule has 10 atom stereocenters. The minimum absolute atomic E-state index is 0.0469. The zero-order valence-electron chi connectivity index (χ0n) is 18.5. The summed E-state index contributed by atoms with van der Waals surface area (Å²) in [6.07, 6.45) is 2.54. The van der Waals surface area contributed by atoms with Crippen molar-refractivity contribution in [3.05, 3.63) is 11.6 Å². The van der Waals surface area contributed by atoms with Crippen LogP contribution >= 0.6 is 0 Å². The minimum atomic E-state index is -1.44. The molecule has 6 heteroatoms. The van der Waals surface area contributed by atoms with Gasteiger partial charge in [-0.05, 0) is 44.9 Å². The van der Waals surface area contributed by atoms with Gasteiger partial charge in [0.2, 0.25) is 5.91 Å². The molecule has 0 radical (unpaired) electrons. The van der Waals surface area contributed by atoms with Crippen molar-refractivity contribution >= 4 is 17.5 Å². The molecule has 3 saturated heterocycles. The Bertz CT molecular complexity index is 864. The molecule has 0 aromatic rings. The van der Waals surface area contributed by atoms with E-state index in [1.165, 1.54) is 0 Å². The first-order chi connectivity index (χ1) is 14.0. The number of Topliss-reactive ketones (excluding diaryl/α,β-unsaturated/α-hetero) is 2. The van der Waals surface area contributed by atoms with Gasteiger partial charge in [-0.2, -0.15) is 0 Å². The molecular formula is C24H33NO5. The summed E-state index contributed by atoms with van der Waals surface area (Å²) in [5.41, 5.74) is -1.07. The first-order valence-electron chi connectivity index (χ1n) is 11.5. The molecule has 0 unspecified atom stereocenters. The number of fused-ring (bicyclic) bond motifs is 5. The predicted octanol–water partition coefficient (Wildman–Crippen LogP) is 2.04. The normalized spacial score (nSPS) is 52.0. The number of rotatable bonds is 2. The van der Waals surface area contributed by atoms with Crippen molar-refractivity contribution in [2.24, 2.45) is 40.9 Å². The van der Waals surface area contributed by atoms with E-state index < -0.39 is 34.7 Å². The lowest BCUT2D eigenvalue weighted by Gasteiger charge is -2.57. The minimum Gasteiger partial charge on any atom is -0.385 e.